The summed E-state index contributed by atoms with van der Waals surface area (Å²) in [4.78, 5) is 28.8. The predicted octanol–water partition coefficient (Wildman–Crippen LogP) is 2.85. The minimum Gasteiger partial charge on any atom is -0.490 e. The molecular formula is C24H29ClN4O5. The minimum atomic E-state index is -0.290. The lowest BCUT2D eigenvalue weighted by molar-refractivity contribution is -0.119. The summed E-state index contributed by atoms with van der Waals surface area (Å²) in [5.74, 6) is 0.612. The van der Waals surface area contributed by atoms with E-state index in [1.165, 1.54) is 0 Å². The molecule has 0 aromatic heterocycles. The van der Waals surface area contributed by atoms with Crippen LogP contribution in [0.15, 0.2) is 36.4 Å². The molecule has 10 heteroatoms. The minimum absolute atomic E-state index is 0.0220. The third-order valence-corrected chi connectivity index (χ3v) is 5.78. The molecule has 9 nitrogen and oxygen atoms in total. The zero-order valence-electron chi connectivity index (χ0n) is 19.1. The largest absolute Gasteiger partial charge is 0.490 e. The van der Waals surface area contributed by atoms with Crippen LogP contribution in [0.1, 0.15) is 6.42 Å². The maximum atomic E-state index is 12.5. The number of carbonyl (C=O) groups is 2. The van der Waals surface area contributed by atoms with Crippen molar-refractivity contribution in [3.63, 3.8) is 0 Å². The lowest BCUT2D eigenvalue weighted by Gasteiger charge is -2.28. The normalized spacial score (nSPS) is 15.6. The number of morpholine rings is 1. The third kappa shape index (κ3) is 6.53. The first-order valence-electron chi connectivity index (χ1n) is 11.3. The van der Waals surface area contributed by atoms with Gasteiger partial charge in [0, 0.05) is 43.0 Å². The van der Waals surface area contributed by atoms with Gasteiger partial charge in [0.05, 0.1) is 50.2 Å². The van der Waals surface area contributed by atoms with Crippen LogP contribution in [-0.2, 0) is 14.3 Å². The first-order valence-corrected chi connectivity index (χ1v) is 11.7. The molecule has 2 amide bonds. The Kier molecular flexibility index (Phi) is 8.10. The molecular weight excluding hydrogens is 460 g/mol. The molecule has 0 radical (unpaired) electrons. The van der Waals surface area contributed by atoms with Gasteiger partial charge in [-0.2, -0.15) is 0 Å². The van der Waals surface area contributed by atoms with Crippen molar-refractivity contribution in [3.05, 3.63) is 41.4 Å². The Morgan fingerprint density at radius 1 is 0.941 bits per heavy atom. The molecule has 182 valence electrons. The molecule has 0 bridgehead atoms. The van der Waals surface area contributed by atoms with Crippen LogP contribution in [0.5, 0.6) is 11.5 Å². The summed E-state index contributed by atoms with van der Waals surface area (Å²) >= 11 is 6.29. The van der Waals surface area contributed by atoms with E-state index in [1.807, 2.05) is 24.3 Å². The van der Waals surface area contributed by atoms with Gasteiger partial charge < -0.3 is 29.7 Å². The molecule has 0 unspecified atom stereocenters. The van der Waals surface area contributed by atoms with Crippen LogP contribution in [-0.4, -0.2) is 76.4 Å². The van der Waals surface area contributed by atoms with Gasteiger partial charge in [-0.3, -0.25) is 14.5 Å². The zero-order chi connectivity index (χ0) is 23.9. The first-order chi connectivity index (χ1) is 16.5. The molecule has 4 rings (SSSR count). The van der Waals surface area contributed by atoms with Gasteiger partial charge in [0.25, 0.3) is 0 Å². The van der Waals surface area contributed by atoms with Crippen LogP contribution < -0.4 is 25.0 Å². The van der Waals surface area contributed by atoms with Gasteiger partial charge in [0.1, 0.15) is 0 Å². The highest BCUT2D eigenvalue weighted by atomic mass is 35.5. The highest BCUT2D eigenvalue weighted by Gasteiger charge is 2.17. The van der Waals surface area contributed by atoms with E-state index >= 15 is 0 Å². The fourth-order valence-corrected chi connectivity index (χ4v) is 3.99. The zero-order valence-corrected chi connectivity index (χ0v) is 19.9. The average Bonchev–Trinajstić information content (AvgIpc) is 3.05. The average molecular weight is 489 g/mol. The van der Waals surface area contributed by atoms with E-state index < -0.39 is 0 Å². The number of nitrogens with zero attached hydrogens (tertiary/aromatic N) is 2. The van der Waals surface area contributed by atoms with Gasteiger partial charge in [-0.15, -0.1) is 0 Å². The first kappa shape index (κ1) is 24.1. The van der Waals surface area contributed by atoms with Crippen molar-refractivity contribution in [1.29, 1.82) is 0 Å². The van der Waals surface area contributed by atoms with E-state index in [2.05, 4.69) is 15.5 Å². The van der Waals surface area contributed by atoms with E-state index in [4.69, 9.17) is 25.8 Å². The van der Waals surface area contributed by atoms with Gasteiger partial charge >= 0.3 is 0 Å². The number of nitrogens with one attached hydrogen (secondary N) is 2. The number of likely N-dealkylation sites (N-methyl/N-ethyl adjacent to an activating group) is 1. The number of carbonyl (C=O) groups excluding carboxylic acids is 2. The highest BCUT2D eigenvalue weighted by molar-refractivity contribution is 6.34. The summed E-state index contributed by atoms with van der Waals surface area (Å²) in [6, 6.07) is 11.0. The Morgan fingerprint density at radius 3 is 2.24 bits per heavy atom. The van der Waals surface area contributed by atoms with Crippen molar-refractivity contribution in [2.45, 2.75) is 6.42 Å². The molecule has 34 heavy (non-hydrogen) atoms. The van der Waals surface area contributed by atoms with Crippen molar-refractivity contribution in [2.24, 2.45) is 0 Å². The lowest BCUT2D eigenvalue weighted by Crippen LogP contribution is -2.36. The third-order valence-electron chi connectivity index (χ3n) is 5.47. The molecule has 2 N–H and O–H groups in total. The van der Waals surface area contributed by atoms with Gasteiger partial charge in [-0.1, -0.05) is 11.6 Å². The van der Waals surface area contributed by atoms with Gasteiger partial charge in [0.2, 0.25) is 11.8 Å². The second-order valence-electron chi connectivity index (χ2n) is 8.24. The summed E-state index contributed by atoms with van der Waals surface area (Å²) in [5, 5.41) is 6.01. The molecule has 0 spiro atoms. The van der Waals surface area contributed by atoms with Crippen LogP contribution in [0.3, 0.4) is 0 Å². The number of hydrogen-bond donors (Lipinski definition) is 2. The summed E-state index contributed by atoms with van der Waals surface area (Å²) < 4.78 is 16.6. The number of amides is 2. The Hall–Kier alpha value is -3.01. The number of hydrogen-bond acceptors (Lipinski definition) is 7. The molecule has 2 heterocycles. The number of benzene rings is 2. The number of halogens is 1. The monoisotopic (exact) mass is 488 g/mol. The molecule has 2 aromatic carbocycles. The van der Waals surface area contributed by atoms with Crippen LogP contribution in [0, 0.1) is 0 Å². The fraction of sp³-hybridized carbons (Fsp3) is 0.417. The molecule has 0 aliphatic carbocycles. The van der Waals surface area contributed by atoms with Gasteiger partial charge in [0.15, 0.2) is 11.5 Å². The van der Waals surface area contributed by atoms with Crippen molar-refractivity contribution in [3.8, 4) is 11.5 Å². The van der Waals surface area contributed by atoms with Crippen molar-refractivity contribution < 1.29 is 23.8 Å². The van der Waals surface area contributed by atoms with E-state index in [9.17, 15) is 9.59 Å². The van der Waals surface area contributed by atoms with Crippen LogP contribution >= 0.6 is 11.6 Å². The Bertz CT molecular complexity index is 1010. The summed E-state index contributed by atoms with van der Waals surface area (Å²) in [6.45, 7) is 4.34. The summed E-state index contributed by atoms with van der Waals surface area (Å²) in [5.41, 5.74) is 2.25. The van der Waals surface area contributed by atoms with Crippen LogP contribution in [0.25, 0.3) is 0 Å². The van der Waals surface area contributed by atoms with E-state index in [1.54, 1.807) is 24.1 Å². The molecule has 1 saturated heterocycles. The summed E-state index contributed by atoms with van der Waals surface area (Å²) in [6.07, 6.45) is 0.777. The smallest absolute Gasteiger partial charge is 0.238 e. The highest BCUT2D eigenvalue weighted by Crippen LogP contribution is 2.37. The maximum Gasteiger partial charge on any atom is 0.238 e. The van der Waals surface area contributed by atoms with Gasteiger partial charge in [-0.05, 0) is 31.3 Å². The second kappa shape index (κ2) is 11.4. The van der Waals surface area contributed by atoms with Crippen molar-refractivity contribution >= 4 is 40.5 Å². The van der Waals surface area contributed by atoms with E-state index in [0.717, 1.165) is 38.4 Å². The van der Waals surface area contributed by atoms with E-state index in [0.29, 0.717) is 41.1 Å². The number of ether oxygens (including phenoxy) is 3. The Labute approximate surface area is 203 Å². The summed E-state index contributed by atoms with van der Waals surface area (Å²) in [7, 11) is 1.70. The standard InChI is InChI=1S/C24H29ClN4O5/c1-28(15-23(30)26-17-3-5-18(6-4-17)29-7-11-32-12-8-29)16-24(31)27-20-14-22-21(13-19(20)25)33-9-2-10-34-22/h3-6,13-14H,2,7-12,15-16H2,1H3,(H,26,30)(H,27,31). The SMILES string of the molecule is CN(CC(=O)Nc1ccc(N2CCOCC2)cc1)CC(=O)Nc1cc2c(cc1Cl)OCCCO2. The number of fused-ring (bicyclic) bond motifs is 1. The molecule has 0 atom stereocenters. The quantitative estimate of drug-likeness (QED) is 0.619. The molecule has 2 aliphatic heterocycles. The number of anilines is 3. The van der Waals surface area contributed by atoms with Crippen molar-refractivity contribution in [1.82, 2.24) is 4.90 Å². The second-order valence-corrected chi connectivity index (χ2v) is 8.65. The molecule has 2 aliphatic rings. The Balaban J connectivity index is 1.25. The molecule has 2 aromatic rings. The topological polar surface area (TPSA) is 92.4 Å². The fourth-order valence-electron chi connectivity index (χ4n) is 3.79. The van der Waals surface area contributed by atoms with E-state index in [-0.39, 0.29) is 24.9 Å². The lowest BCUT2D eigenvalue weighted by atomic mass is 10.2. The van der Waals surface area contributed by atoms with Crippen LogP contribution in [0.4, 0.5) is 17.1 Å². The van der Waals surface area contributed by atoms with Gasteiger partial charge in [-0.25, -0.2) is 0 Å². The number of rotatable bonds is 7. The predicted molar refractivity (Wildman–Crippen MR) is 131 cm³/mol. The Morgan fingerprint density at radius 2 is 1.56 bits per heavy atom. The van der Waals surface area contributed by atoms with Crippen molar-refractivity contribution in [2.75, 3.05) is 75.2 Å². The maximum absolute atomic E-state index is 12.5. The molecule has 0 saturated carbocycles. The molecule has 1 fully saturated rings. The van der Waals surface area contributed by atoms with Crippen LogP contribution in [0.2, 0.25) is 5.02 Å².